The molecule has 9 heteroatoms. The highest BCUT2D eigenvalue weighted by molar-refractivity contribution is 7.89. The summed E-state index contributed by atoms with van der Waals surface area (Å²) in [4.78, 5) is 16.6. The molecule has 2 aromatic carbocycles. The lowest BCUT2D eigenvalue weighted by molar-refractivity contribution is 0.102. The molecule has 1 aromatic heterocycles. The van der Waals surface area contributed by atoms with Gasteiger partial charge < -0.3 is 0 Å². The van der Waals surface area contributed by atoms with Crippen molar-refractivity contribution >= 4 is 42.6 Å². The lowest BCUT2D eigenvalue weighted by Gasteiger charge is -2.18. The van der Waals surface area contributed by atoms with Gasteiger partial charge in [0.1, 0.15) is 11.3 Å². The number of nitrogens with zero attached hydrogens (tertiary/aromatic N) is 2. The number of halogens is 1. The van der Waals surface area contributed by atoms with Gasteiger partial charge in [0, 0.05) is 18.7 Å². The van der Waals surface area contributed by atoms with Crippen LogP contribution in [0.4, 0.5) is 9.52 Å². The summed E-state index contributed by atoms with van der Waals surface area (Å²) >= 11 is 1.17. The van der Waals surface area contributed by atoms with E-state index in [4.69, 9.17) is 0 Å². The van der Waals surface area contributed by atoms with Crippen LogP contribution in [0.5, 0.6) is 0 Å². The number of hydrogen-bond donors (Lipinski definition) is 1. The van der Waals surface area contributed by atoms with Crippen LogP contribution in [0.3, 0.4) is 0 Å². The van der Waals surface area contributed by atoms with E-state index in [0.29, 0.717) is 17.8 Å². The summed E-state index contributed by atoms with van der Waals surface area (Å²) in [5, 5.41) is 2.90. The van der Waals surface area contributed by atoms with E-state index in [1.165, 1.54) is 46.0 Å². The molecule has 142 valence electrons. The fraction of sp³-hybridized carbons (Fsp3) is 0.222. The molecule has 3 rings (SSSR count). The number of thiazole rings is 1. The van der Waals surface area contributed by atoms with Crippen molar-refractivity contribution in [3.05, 3.63) is 53.8 Å². The van der Waals surface area contributed by atoms with E-state index in [1.807, 2.05) is 0 Å². The van der Waals surface area contributed by atoms with Gasteiger partial charge in [-0.15, -0.1) is 0 Å². The molecule has 0 fully saturated rings. The van der Waals surface area contributed by atoms with Crippen LogP contribution in [0.2, 0.25) is 0 Å². The second-order valence-electron chi connectivity index (χ2n) is 5.67. The SMILES string of the molecule is CCN(CC)S(=O)(=O)c1ccc(C(=O)Nc2nc3c(F)cccc3s2)cc1. The van der Waals surface area contributed by atoms with Gasteiger partial charge in [0.2, 0.25) is 10.0 Å². The van der Waals surface area contributed by atoms with E-state index in [2.05, 4.69) is 10.3 Å². The maximum absolute atomic E-state index is 13.7. The maximum Gasteiger partial charge on any atom is 0.257 e. The number of para-hydroxylation sites is 1. The molecule has 1 N–H and O–H groups in total. The molecule has 0 atom stereocenters. The summed E-state index contributed by atoms with van der Waals surface area (Å²) in [5.41, 5.74) is 0.492. The Bertz CT molecular complexity index is 1070. The van der Waals surface area contributed by atoms with Gasteiger partial charge in [-0.3, -0.25) is 10.1 Å². The minimum atomic E-state index is -3.57. The molecule has 27 heavy (non-hydrogen) atoms. The smallest absolute Gasteiger partial charge is 0.257 e. The van der Waals surface area contributed by atoms with E-state index < -0.39 is 21.7 Å². The molecular weight excluding hydrogens is 389 g/mol. The van der Waals surface area contributed by atoms with Crippen molar-refractivity contribution in [1.82, 2.24) is 9.29 Å². The van der Waals surface area contributed by atoms with Crippen molar-refractivity contribution in [3.8, 4) is 0 Å². The monoisotopic (exact) mass is 407 g/mol. The zero-order valence-corrected chi connectivity index (χ0v) is 16.4. The Labute approximate surface area is 160 Å². The Morgan fingerprint density at radius 2 is 1.81 bits per heavy atom. The van der Waals surface area contributed by atoms with E-state index >= 15 is 0 Å². The quantitative estimate of drug-likeness (QED) is 0.675. The molecule has 0 aliphatic heterocycles. The molecular formula is C18H18FN3O3S2. The van der Waals surface area contributed by atoms with Crippen molar-refractivity contribution in [2.24, 2.45) is 0 Å². The van der Waals surface area contributed by atoms with Crippen molar-refractivity contribution in [3.63, 3.8) is 0 Å². The second-order valence-corrected chi connectivity index (χ2v) is 8.64. The van der Waals surface area contributed by atoms with Crippen LogP contribution in [0.15, 0.2) is 47.4 Å². The normalized spacial score (nSPS) is 11.9. The summed E-state index contributed by atoms with van der Waals surface area (Å²) in [6.45, 7) is 4.28. The minimum Gasteiger partial charge on any atom is -0.298 e. The summed E-state index contributed by atoms with van der Waals surface area (Å²) in [6, 6.07) is 10.3. The molecule has 1 heterocycles. The Morgan fingerprint density at radius 1 is 1.15 bits per heavy atom. The standard InChI is InChI=1S/C18H18FN3O3S2/c1-3-22(4-2)27(24,25)13-10-8-12(9-11-13)17(23)21-18-20-16-14(19)6-5-7-15(16)26-18/h5-11H,3-4H2,1-2H3,(H,20,21,23). The highest BCUT2D eigenvalue weighted by atomic mass is 32.2. The molecule has 1 amide bonds. The highest BCUT2D eigenvalue weighted by Crippen LogP contribution is 2.28. The van der Waals surface area contributed by atoms with Gasteiger partial charge in [0.25, 0.3) is 5.91 Å². The first-order valence-corrected chi connectivity index (χ1v) is 10.6. The van der Waals surface area contributed by atoms with E-state index in [-0.39, 0.29) is 21.1 Å². The topological polar surface area (TPSA) is 79.4 Å². The van der Waals surface area contributed by atoms with Crippen LogP contribution in [0, 0.1) is 5.82 Å². The van der Waals surface area contributed by atoms with Crippen LogP contribution in [0.25, 0.3) is 10.2 Å². The number of benzene rings is 2. The summed E-state index contributed by atoms with van der Waals surface area (Å²) < 4.78 is 40.6. The van der Waals surface area contributed by atoms with Crippen LogP contribution >= 0.6 is 11.3 Å². The molecule has 0 saturated heterocycles. The number of anilines is 1. The fourth-order valence-corrected chi connectivity index (χ4v) is 4.96. The fourth-order valence-electron chi connectivity index (χ4n) is 2.63. The van der Waals surface area contributed by atoms with Gasteiger partial charge in [-0.2, -0.15) is 4.31 Å². The molecule has 0 aliphatic rings. The van der Waals surface area contributed by atoms with Crippen molar-refractivity contribution in [1.29, 1.82) is 0 Å². The summed E-state index contributed by atoms with van der Waals surface area (Å²) in [7, 11) is -3.57. The Morgan fingerprint density at radius 3 is 2.41 bits per heavy atom. The van der Waals surface area contributed by atoms with Crippen LogP contribution < -0.4 is 5.32 Å². The van der Waals surface area contributed by atoms with E-state index in [9.17, 15) is 17.6 Å². The number of hydrogen-bond acceptors (Lipinski definition) is 5. The number of carbonyl (C=O) groups is 1. The number of carbonyl (C=O) groups excluding carboxylic acids is 1. The van der Waals surface area contributed by atoms with Crippen molar-refractivity contribution in [2.45, 2.75) is 18.7 Å². The molecule has 0 spiro atoms. The predicted molar refractivity (Wildman–Crippen MR) is 104 cm³/mol. The molecule has 0 unspecified atom stereocenters. The Kier molecular flexibility index (Phi) is 5.54. The average molecular weight is 407 g/mol. The third-order valence-corrected chi connectivity index (χ3v) is 7.05. The maximum atomic E-state index is 13.7. The molecule has 0 aliphatic carbocycles. The van der Waals surface area contributed by atoms with Crippen LogP contribution in [-0.4, -0.2) is 36.7 Å². The lowest BCUT2D eigenvalue weighted by Crippen LogP contribution is -2.30. The molecule has 0 bridgehead atoms. The van der Waals surface area contributed by atoms with Crippen molar-refractivity contribution in [2.75, 3.05) is 18.4 Å². The average Bonchev–Trinajstić information content (AvgIpc) is 3.06. The van der Waals surface area contributed by atoms with E-state index in [0.717, 1.165) is 0 Å². The number of aromatic nitrogens is 1. The van der Waals surface area contributed by atoms with Gasteiger partial charge in [-0.25, -0.2) is 17.8 Å². The Balaban J connectivity index is 1.80. The lowest BCUT2D eigenvalue weighted by atomic mass is 10.2. The molecule has 3 aromatic rings. The number of nitrogens with one attached hydrogen (secondary N) is 1. The summed E-state index contributed by atoms with van der Waals surface area (Å²) in [5.74, 6) is -0.892. The van der Waals surface area contributed by atoms with Crippen LogP contribution in [0.1, 0.15) is 24.2 Å². The number of fused-ring (bicyclic) bond motifs is 1. The predicted octanol–water partition coefficient (Wildman–Crippen LogP) is 3.72. The number of amides is 1. The van der Waals surface area contributed by atoms with Gasteiger partial charge in [-0.05, 0) is 36.4 Å². The Hall–Kier alpha value is -2.36. The van der Waals surface area contributed by atoms with Gasteiger partial charge in [0.05, 0.1) is 9.60 Å². The first-order valence-electron chi connectivity index (χ1n) is 8.33. The van der Waals surface area contributed by atoms with E-state index in [1.54, 1.807) is 26.0 Å². The first kappa shape index (κ1) is 19.4. The largest absolute Gasteiger partial charge is 0.298 e. The highest BCUT2D eigenvalue weighted by Gasteiger charge is 2.22. The van der Waals surface area contributed by atoms with Crippen LogP contribution in [-0.2, 0) is 10.0 Å². The van der Waals surface area contributed by atoms with Gasteiger partial charge in [0.15, 0.2) is 5.13 Å². The molecule has 0 radical (unpaired) electrons. The van der Waals surface area contributed by atoms with Crippen molar-refractivity contribution < 1.29 is 17.6 Å². The van der Waals surface area contributed by atoms with Gasteiger partial charge >= 0.3 is 0 Å². The third-order valence-electron chi connectivity index (χ3n) is 4.05. The second kappa shape index (κ2) is 7.71. The first-order chi connectivity index (χ1) is 12.9. The number of rotatable bonds is 6. The zero-order valence-electron chi connectivity index (χ0n) is 14.8. The number of sulfonamides is 1. The molecule has 6 nitrogen and oxygen atoms in total. The van der Waals surface area contributed by atoms with Gasteiger partial charge in [-0.1, -0.05) is 31.3 Å². The molecule has 0 saturated carbocycles. The summed E-state index contributed by atoms with van der Waals surface area (Å²) in [6.07, 6.45) is 0. The minimum absolute atomic E-state index is 0.129. The zero-order chi connectivity index (χ0) is 19.6. The third kappa shape index (κ3) is 3.85.